The number of hydrogen-bond acceptors (Lipinski definition) is 3. The van der Waals surface area contributed by atoms with Crippen LogP contribution in [0.2, 0.25) is 0 Å². The zero-order valence-electron chi connectivity index (χ0n) is 7.16. The van der Waals surface area contributed by atoms with Gasteiger partial charge in [0.05, 0.1) is 17.3 Å². The van der Waals surface area contributed by atoms with E-state index in [0.29, 0.717) is 0 Å². The van der Waals surface area contributed by atoms with Gasteiger partial charge in [0, 0.05) is 19.5 Å². The van der Waals surface area contributed by atoms with Gasteiger partial charge in [-0.25, -0.2) is 0 Å². The summed E-state index contributed by atoms with van der Waals surface area (Å²) < 4.78 is 7.09. The van der Waals surface area contributed by atoms with Gasteiger partial charge in [-0.05, 0) is 24.4 Å². The first-order chi connectivity index (χ1) is 5.81. The number of para-hydroxylation sites is 1. The number of nitrogens with one attached hydrogen (secondary N) is 1. The normalized spacial score (nSPS) is 9.62. The number of aromatic nitrogens is 1. The topological polar surface area (TPSA) is 25.0 Å². The number of methoxy groups -OCH3 is 1. The average Bonchev–Trinajstić information content (AvgIpc) is 2.44. The Labute approximate surface area is 97.7 Å². The Morgan fingerprint density at radius 2 is 2.23 bits per heavy atom. The predicted molar refractivity (Wildman–Crippen MR) is 53.6 cm³/mol. The Morgan fingerprint density at radius 3 is 2.92 bits per heavy atom. The Hall–Kier alpha value is -0.247. The van der Waals surface area contributed by atoms with Gasteiger partial charge in [-0.15, -0.1) is 11.3 Å². The van der Waals surface area contributed by atoms with E-state index in [1.54, 1.807) is 18.4 Å². The van der Waals surface area contributed by atoms with Gasteiger partial charge in [-0.1, -0.05) is 6.07 Å². The number of aromatic amines is 1. The molecule has 2 nitrogen and oxygen atoms in total. The monoisotopic (exact) mass is 261 g/mol. The zero-order valence-corrected chi connectivity index (χ0v) is 11.8. The fraction of sp³-hybridized carbons (Fsp3) is 0.125. The first kappa shape index (κ1) is 10.8. The van der Waals surface area contributed by atoms with Crippen LogP contribution in [0.3, 0.4) is 0 Å². The molecule has 1 heterocycles. The molecule has 1 aromatic heterocycles. The van der Waals surface area contributed by atoms with Crippen LogP contribution in [-0.2, 0) is 19.5 Å². The van der Waals surface area contributed by atoms with Crippen molar-refractivity contribution in [3.8, 4) is 5.75 Å². The second-order valence-corrected chi connectivity index (χ2v) is 4.07. The number of H-pyrrole nitrogens is 1. The minimum atomic E-state index is 0. The Bertz CT molecular complexity index is 462. The molecule has 13 heavy (non-hydrogen) atoms. The van der Waals surface area contributed by atoms with Crippen LogP contribution in [0.25, 0.3) is 10.2 Å². The maximum Gasteiger partial charge on any atom is 0.159 e. The quantitative estimate of drug-likeness (QED) is 0.631. The summed E-state index contributed by atoms with van der Waals surface area (Å²) in [7, 11) is 1.66. The van der Waals surface area contributed by atoms with Gasteiger partial charge in [0.25, 0.3) is 0 Å². The van der Waals surface area contributed by atoms with Crippen LogP contribution in [-0.4, -0.2) is 12.1 Å². The van der Waals surface area contributed by atoms with Crippen LogP contribution < -0.4 is 4.74 Å². The second-order valence-electron chi connectivity index (χ2n) is 2.35. The van der Waals surface area contributed by atoms with Crippen LogP contribution in [0, 0.1) is 3.95 Å². The third-order valence-electron chi connectivity index (χ3n) is 1.64. The molecule has 2 aromatic rings. The van der Waals surface area contributed by atoms with Crippen molar-refractivity contribution in [1.29, 1.82) is 0 Å². The van der Waals surface area contributed by atoms with Crippen LogP contribution in [0.4, 0.5) is 0 Å². The summed E-state index contributed by atoms with van der Waals surface area (Å²) in [6.45, 7) is 0. The molecule has 5 heteroatoms. The number of fused-ring (bicyclic) bond motifs is 1. The van der Waals surface area contributed by atoms with Crippen molar-refractivity contribution in [3.05, 3.63) is 22.2 Å². The molecule has 1 N–H and O–H groups in total. The third kappa shape index (κ3) is 1.98. The van der Waals surface area contributed by atoms with Gasteiger partial charge in [0.2, 0.25) is 0 Å². The Kier molecular flexibility index (Phi) is 3.59. The molecule has 0 fully saturated rings. The first-order valence-corrected chi connectivity index (χ1v) is 4.69. The van der Waals surface area contributed by atoms with Crippen molar-refractivity contribution in [1.82, 2.24) is 4.98 Å². The van der Waals surface area contributed by atoms with E-state index in [9.17, 15) is 0 Å². The Balaban J connectivity index is 0.000000845. The van der Waals surface area contributed by atoms with Crippen molar-refractivity contribution in [2.45, 2.75) is 0 Å². The van der Waals surface area contributed by atoms with Gasteiger partial charge in [-0.3, -0.25) is 0 Å². The number of thiazole rings is 1. The molecule has 0 saturated carbocycles. The molecule has 0 spiro atoms. The number of ether oxygens (including phenoxy) is 1. The molecule has 0 radical (unpaired) electrons. The molecule has 0 unspecified atom stereocenters. The van der Waals surface area contributed by atoms with Gasteiger partial charge in [0.1, 0.15) is 5.75 Å². The standard InChI is InChI=1S/C8H7NOS2.Zn/c1-10-5-3-2-4-6-7(5)9-8(11)12-6;/h2-4H,1H3,(H,9,11);. The van der Waals surface area contributed by atoms with Gasteiger partial charge >= 0.3 is 0 Å². The summed E-state index contributed by atoms with van der Waals surface area (Å²) in [5, 5.41) is 0. The molecular weight excluding hydrogens is 256 g/mol. The maximum atomic E-state index is 5.17. The predicted octanol–water partition coefficient (Wildman–Crippen LogP) is 2.96. The molecule has 0 bridgehead atoms. The summed E-state index contributed by atoms with van der Waals surface area (Å²) in [4.78, 5) is 3.09. The fourth-order valence-electron chi connectivity index (χ4n) is 1.12. The average molecular weight is 263 g/mol. The zero-order chi connectivity index (χ0) is 8.55. The minimum Gasteiger partial charge on any atom is -0.495 e. The summed E-state index contributed by atoms with van der Waals surface area (Å²) in [6.07, 6.45) is 0. The van der Waals surface area contributed by atoms with Crippen LogP contribution in [0.15, 0.2) is 18.2 Å². The summed E-state index contributed by atoms with van der Waals surface area (Å²) >= 11 is 6.59. The molecule has 0 aliphatic carbocycles. The van der Waals surface area contributed by atoms with Gasteiger partial charge in [0.15, 0.2) is 3.95 Å². The van der Waals surface area contributed by atoms with E-state index in [1.807, 2.05) is 18.2 Å². The summed E-state index contributed by atoms with van der Waals surface area (Å²) in [5.74, 6) is 0.847. The largest absolute Gasteiger partial charge is 0.495 e. The molecule has 1 aromatic carbocycles. The minimum absolute atomic E-state index is 0. The molecule has 64 valence electrons. The van der Waals surface area contributed by atoms with Crippen molar-refractivity contribution >= 4 is 33.8 Å². The van der Waals surface area contributed by atoms with Crippen LogP contribution in [0.5, 0.6) is 5.75 Å². The molecule has 0 saturated heterocycles. The molecule has 2 rings (SSSR count). The second kappa shape index (κ2) is 4.31. The number of benzene rings is 1. The van der Waals surface area contributed by atoms with Gasteiger partial charge < -0.3 is 9.72 Å². The van der Waals surface area contributed by atoms with Crippen molar-refractivity contribution in [2.75, 3.05) is 7.11 Å². The molecular formula is C8H7NOS2Zn. The SMILES string of the molecule is COc1cccc2sc(=S)[nH]c12.[Zn]. The fourth-order valence-corrected chi connectivity index (χ4v) is 2.24. The van der Waals surface area contributed by atoms with E-state index in [1.165, 1.54) is 0 Å². The third-order valence-corrected chi connectivity index (χ3v) is 2.84. The molecule has 0 atom stereocenters. The van der Waals surface area contributed by atoms with E-state index >= 15 is 0 Å². The summed E-state index contributed by atoms with van der Waals surface area (Å²) in [5.41, 5.74) is 0.995. The van der Waals surface area contributed by atoms with E-state index in [4.69, 9.17) is 17.0 Å². The van der Waals surface area contributed by atoms with Crippen molar-refractivity contribution in [2.24, 2.45) is 0 Å². The van der Waals surface area contributed by atoms with Crippen molar-refractivity contribution < 1.29 is 24.2 Å². The van der Waals surface area contributed by atoms with E-state index in [2.05, 4.69) is 4.98 Å². The van der Waals surface area contributed by atoms with E-state index < -0.39 is 0 Å². The van der Waals surface area contributed by atoms with Crippen LogP contribution in [0.1, 0.15) is 0 Å². The Morgan fingerprint density at radius 1 is 1.46 bits per heavy atom. The number of rotatable bonds is 1. The first-order valence-electron chi connectivity index (χ1n) is 3.47. The smallest absolute Gasteiger partial charge is 0.159 e. The number of hydrogen-bond donors (Lipinski definition) is 1. The summed E-state index contributed by atoms with van der Waals surface area (Å²) in [6, 6.07) is 5.90. The van der Waals surface area contributed by atoms with E-state index in [0.717, 1.165) is 19.9 Å². The van der Waals surface area contributed by atoms with Gasteiger partial charge in [-0.2, -0.15) is 0 Å². The van der Waals surface area contributed by atoms with E-state index in [-0.39, 0.29) is 19.5 Å². The van der Waals surface area contributed by atoms with Crippen LogP contribution >= 0.6 is 23.6 Å². The molecule has 0 aliphatic rings. The maximum absolute atomic E-state index is 5.17. The molecule has 0 aliphatic heterocycles. The molecule has 0 amide bonds. The van der Waals surface area contributed by atoms with Crippen molar-refractivity contribution in [3.63, 3.8) is 0 Å².